The molecule has 2 N–H and O–H groups in total. The first-order valence-corrected chi connectivity index (χ1v) is 9.86. The fourth-order valence-electron chi connectivity index (χ4n) is 3.52. The van der Waals surface area contributed by atoms with Crippen LogP contribution in [0, 0.1) is 5.82 Å². The van der Waals surface area contributed by atoms with E-state index in [1.807, 2.05) is 12.1 Å². The molecule has 150 valence electrons. The molecule has 2 aromatic rings. The van der Waals surface area contributed by atoms with Gasteiger partial charge in [0.05, 0.1) is 12.3 Å². The van der Waals surface area contributed by atoms with E-state index >= 15 is 0 Å². The fourth-order valence-corrected chi connectivity index (χ4v) is 3.52. The number of likely N-dealkylation sites (N-methyl/N-ethyl adjacent to an activating group) is 1. The average molecular weight is 386 g/mol. The first-order chi connectivity index (χ1) is 13.7. The lowest BCUT2D eigenvalue weighted by Crippen LogP contribution is -2.44. The van der Waals surface area contributed by atoms with Gasteiger partial charge in [-0.1, -0.05) is 0 Å². The third kappa shape index (κ3) is 4.69. The zero-order chi connectivity index (χ0) is 19.3. The summed E-state index contributed by atoms with van der Waals surface area (Å²) in [7, 11) is 2.15. The monoisotopic (exact) mass is 386 g/mol. The van der Waals surface area contributed by atoms with Crippen molar-refractivity contribution in [2.24, 2.45) is 0 Å². The van der Waals surface area contributed by atoms with Gasteiger partial charge in [0.1, 0.15) is 0 Å². The Hall–Kier alpha value is -2.45. The van der Waals surface area contributed by atoms with Crippen molar-refractivity contribution < 1.29 is 9.13 Å². The summed E-state index contributed by atoms with van der Waals surface area (Å²) in [5.41, 5.74) is 2.08. The average Bonchev–Trinajstić information content (AvgIpc) is 3.23. The molecular formula is C20H27FN6O. The summed E-state index contributed by atoms with van der Waals surface area (Å²) in [6.07, 6.45) is 3.35. The van der Waals surface area contributed by atoms with Gasteiger partial charge < -0.3 is 25.2 Å². The molecule has 2 fully saturated rings. The van der Waals surface area contributed by atoms with Gasteiger partial charge >= 0.3 is 0 Å². The van der Waals surface area contributed by atoms with Gasteiger partial charge in [-0.25, -0.2) is 9.37 Å². The van der Waals surface area contributed by atoms with E-state index < -0.39 is 5.82 Å². The van der Waals surface area contributed by atoms with Gasteiger partial charge in [-0.2, -0.15) is 4.98 Å². The van der Waals surface area contributed by atoms with Crippen LogP contribution in [0.15, 0.2) is 30.5 Å². The minimum absolute atomic E-state index is 0.118. The number of piperazine rings is 1. The lowest BCUT2D eigenvalue weighted by atomic mass is 10.2. The van der Waals surface area contributed by atoms with Gasteiger partial charge in [0.25, 0.3) is 0 Å². The number of halogens is 1. The maximum Gasteiger partial charge on any atom is 0.229 e. The maximum absolute atomic E-state index is 14.0. The minimum Gasteiger partial charge on any atom is -0.376 e. The number of anilines is 4. The Morgan fingerprint density at radius 2 is 1.96 bits per heavy atom. The number of rotatable bonds is 6. The lowest BCUT2D eigenvalue weighted by Gasteiger charge is -2.34. The molecule has 4 rings (SSSR count). The van der Waals surface area contributed by atoms with Gasteiger partial charge in [0.15, 0.2) is 11.6 Å². The van der Waals surface area contributed by atoms with Crippen LogP contribution in [0.5, 0.6) is 0 Å². The fraction of sp³-hybridized carbons (Fsp3) is 0.500. The van der Waals surface area contributed by atoms with Gasteiger partial charge in [0, 0.05) is 50.7 Å². The van der Waals surface area contributed by atoms with Gasteiger partial charge in [0.2, 0.25) is 5.95 Å². The van der Waals surface area contributed by atoms with Crippen LogP contribution >= 0.6 is 0 Å². The van der Waals surface area contributed by atoms with E-state index in [9.17, 15) is 4.39 Å². The van der Waals surface area contributed by atoms with E-state index in [-0.39, 0.29) is 11.9 Å². The van der Waals surface area contributed by atoms with Crippen molar-refractivity contribution in [2.45, 2.75) is 18.9 Å². The van der Waals surface area contributed by atoms with Crippen LogP contribution < -0.4 is 15.5 Å². The Morgan fingerprint density at radius 3 is 2.68 bits per heavy atom. The zero-order valence-corrected chi connectivity index (χ0v) is 16.2. The summed E-state index contributed by atoms with van der Waals surface area (Å²) >= 11 is 0. The van der Waals surface area contributed by atoms with Crippen molar-refractivity contribution in [3.8, 4) is 0 Å². The quantitative estimate of drug-likeness (QED) is 0.791. The number of ether oxygens (including phenoxy) is 1. The predicted molar refractivity (Wildman–Crippen MR) is 109 cm³/mol. The molecule has 1 aromatic carbocycles. The first-order valence-electron chi connectivity index (χ1n) is 9.86. The van der Waals surface area contributed by atoms with Gasteiger partial charge in [-0.3, -0.25) is 0 Å². The van der Waals surface area contributed by atoms with E-state index in [0.29, 0.717) is 12.5 Å². The second-order valence-corrected chi connectivity index (χ2v) is 7.37. The lowest BCUT2D eigenvalue weighted by molar-refractivity contribution is 0.120. The van der Waals surface area contributed by atoms with E-state index in [1.54, 1.807) is 0 Å². The molecule has 0 bridgehead atoms. The molecular weight excluding hydrogens is 359 g/mol. The highest BCUT2D eigenvalue weighted by atomic mass is 19.1. The van der Waals surface area contributed by atoms with Gasteiger partial charge in [-0.15, -0.1) is 0 Å². The second kappa shape index (κ2) is 8.70. The molecule has 2 saturated heterocycles. The summed E-state index contributed by atoms with van der Waals surface area (Å²) in [6.45, 7) is 5.53. The minimum atomic E-state index is -0.464. The standard InChI is InChI=1S/C20H27FN6O/c1-26-8-10-27(11-9-26)16-6-4-15(5-7-16)24-20-23-14-18(21)19(25-20)22-13-17-3-2-12-28-17/h4-7,14,17H,2-3,8-13H2,1H3,(H2,22,23,24,25). The molecule has 0 radical (unpaired) electrons. The van der Waals surface area contributed by atoms with Crippen molar-refractivity contribution in [2.75, 3.05) is 61.9 Å². The van der Waals surface area contributed by atoms with Crippen molar-refractivity contribution in [3.63, 3.8) is 0 Å². The number of aromatic nitrogens is 2. The summed E-state index contributed by atoms with van der Waals surface area (Å²) in [5.74, 6) is 0.0969. The van der Waals surface area contributed by atoms with Crippen molar-refractivity contribution in [1.82, 2.24) is 14.9 Å². The largest absolute Gasteiger partial charge is 0.376 e. The van der Waals surface area contributed by atoms with Crippen LogP contribution in [0.25, 0.3) is 0 Å². The highest BCUT2D eigenvalue weighted by Crippen LogP contribution is 2.22. The number of nitrogens with zero attached hydrogens (tertiary/aromatic N) is 4. The van der Waals surface area contributed by atoms with Crippen LogP contribution in [0.1, 0.15) is 12.8 Å². The van der Waals surface area contributed by atoms with Crippen molar-refractivity contribution in [3.05, 3.63) is 36.3 Å². The molecule has 1 atom stereocenters. The van der Waals surface area contributed by atoms with Crippen molar-refractivity contribution >= 4 is 23.1 Å². The molecule has 0 amide bonds. The Labute approximate surface area is 164 Å². The SMILES string of the molecule is CN1CCN(c2ccc(Nc3ncc(F)c(NCC4CCCO4)n3)cc2)CC1. The third-order valence-electron chi connectivity index (χ3n) is 5.26. The van der Waals surface area contributed by atoms with E-state index in [2.05, 4.69) is 49.6 Å². The summed E-state index contributed by atoms with van der Waals surface area (Å²) in [4.78, 5) is 13.0. The molecule has 0 spiro atoms. The molecule has 8 heteroatoms. The van der Waals surface area contributed by atoms with Crippen LogP contribution in [0.3, 0.4) is 0 Å². The van der Waals surface area contributed by atoms with Crippen LogP contribution in [0.2, 0.25) is 0 Å². The molecule has 2 aliphatic heterocycles. The first kappa shape index (κ1) is 18.9. The smallest absolute Gasteiger partial charge is 0.229 e. The summed E-state index contributed by atoms with van der Waals surface area (Å²) < 4.78 is 19.6. The molecule has 28 heavy (non-hydrogen) atoms. The molecule has 2 aliphatic rings. The van der Waals surface area contributed by atoms with Crippen LogP contribution in [-0.2, 0) is 4.74 Å². The normalized spacial score (nSPS) is 20.4. The van der Waals surface area contributed by atoms with Crippen molar-refractivity contribution in [1.29, 1.82) is 0 Å². The molecule has 7 nitrogen and oxygen atoms in total. The number of hydrogen-bond acceptors (Lipinski definition) is 7. The Balaban J connectivity index is 1.37. The predicted octanol–water partition coefficient (Wildman–Crippen LogP) is 2.70. The Morgan fingerprint density at radius 1 is 1.18 bits per heavy atom. The summed E-state index contributed by atoms with van der Waals surface area (Å²) in [5, 5.41) is 6.18. The number of hydrogen-bond donors (Lipinski definition) is 2. The topological polar surface area (TPSA) is 65.5 Å². The second-order valence-electron chi connectivity index (χ2n) is 7.37. The molecule has 1 unspecified atom stereocenters. The maximum atomic E-state index is 14.0. The van der Waals surface area contributed by atoms with E-state index in [4.69, 9.17) is 4.74 Å². The van der Waals surface area contributed by atoms with E-state index in [0.717, 1.165) is 51.3 Å². The number of nitrogens with one attached hydrogen (secondary N) is 2. The van der Waals surface area contributed by atoms with E-state index in [1.165, 1.54) is 11.9 Å². The Kier molecular flexibility index (Phi) is 5.87. The molecule has 3 heterocycles. The highest BCUT2D eigenvalue weighted by molar-refractivity contribution is 5.60. The van der Waals surface area contributed by atoms with Crippen LogP contribution in [0.4, 0.5) is 27.5 Å². The van der Waals surface area contributed by atoms with Gasteiger partial charge in [-0.05, 0) is 44.2 Å². The number of benzene rings is 1. The molecule has 0 aliphatic carbocycles. The third-order valence-corrected chi connectivity index (χ3v) is 5.26. The van der Waals surface area contributed by atoms with Crippen LogP contribution in [-0.4, -0.2) is 67.4 Å². The molecule has 0 saturated carbocycles. The summed E-state index contributed by atoms with van der Waals surface area (Å²) in [6, 6.07) is 8.18. The highest BCUT2D eigenvalue weighted by Gasteiger charge is 2.17. The Bertz CT molecular complexity index is 773. The molecule has 1 aromatic heterocycles. The zero-order valence-electron chi connectivity index (χ0n) is 16.2.